The molecule has 4 aromatic rings. The van der Waals surface area contributed by atoms with Crippen LogP contribution in [-0.4, -0.2) is 9.97 Å². The molecule has 0 aliphatic heterocycles. The number of benzene rings is 1. The van der Waals surface area contributed by atoms with Crippen LogP contribution in [0, 0.1) is 0 Å². The van der Waals surface area contributed by atoms with Crippen molar-refractivity contribution in [2.24, 2.45) is 0 Å². The van der Waals surface area contributed by atoms with E-state index in [1.54, 1.807) is 28.9 Å². The molecule has 0 atom stereocenters. The number of nitrogens with zero attached hydrogens (tertiary/aromatic N) is 2. The third-order valence-corrected chi connectivity index (χ3v) is 5.42. The van der Waals surface area contributed by atoms with Gasteiger partial charge in [0.2, 0.25) is 0 Å². The van der Waals surface area contributed by atoms with Crippen molar-refractivity contribution in [1.29, 1.82) is 0 Å². The Morgan fingerprint density at radius 1 is 0.905 bits per heavy atom. The third-order valence-electron chi connectivity index (χ3n) is 3.22. The summed E-state index contributed by atoms with van der Waals surface area (Å²) in [6.07, 6.45) is 1.59. The van der Waals surface area contributed by atoms with Gasteiger partial charge in [0.25, 0.3) is 0 Å². The van der Waals surface area contributed by atoms with Gasteiger partial charge in [0.05, 0.1) is 17.2 Å². The molecule has 3 heterocycles. The summed E-state index contributed by atoms with van der Waals surface area (Å²) in [6, 6.07) is 14.7. The Kier molecular flexibility index (Phi) is 2.94. The average molecular weight is 309 g/mol. The molecule has 3 nitrogen and oxygen atoms in total. The first kappa shape index (κ1) is 12.5. The van der Waals surface area contributed by atoms with E-state index in [2.05, 4.69) is 51.7 Å². The van der Waals surface area contributed by atoms with Crippen LogP contribution in [0.2, 0.25) is 0 Å². The Bertz CT molecular complexity index is 910. The highest BCUT2D eigenvalue weighted by atomic mass is 32.1. The first-order chi connectivity index (χ1) is 10.3. The van der Waals surface area contributed by atoms with Gasteiger partial charge < -0.3 is 5.73 Å². The summed E-state index contributed by atoms with van der Waals surface area (Å²) < 4.78 is 0. The fourth-order valence-electron chi connectivity index (χ4n) is 2.22. The van der Waals surface area contributed by atoms with Crippen LogP contribution in [0.4, 0.5) is 5.82 Å². The summed E-state index contributed by atoms with van der Waals surface area (Å²) in [4.78, 5) is 12.5. The highest BCUT2D eigenvalue weighted by Gasteiger charge is 2.07. The lowest BCUT2D eigenvalue weighted by Gasteiger charge is -2.01. The fourth-order valence-corrected chi connectivity index (χ4v) is 4.06. The number of hydrogen-bond acceptors (Lipinski definition) is 5. The van der Waals surface area contributed by atoms with Gasteiger partial charge in [-0.05, 0) is 41.3 Å². The molecule has 4 rings (SSSR count). The van der Waals surface area contributed by atoms with Crippen LogP contribution in [0.15, 0.2) is 54.0 Å². The number of nitrogens with two attached hydrogens (primary N) is 1. The minimum absolute atomic E-state index is 0.450. The molecule has 0 spiro atoms. The summed E-state index contributed by atoms with van der Waals surface area (Å²) in [7, 11) is 0. The van der Waals surface area contributed by atoms with Crippen molar-refractivity contribution in [3.8, 4) is 20.2 Å². The zero-order chi connectivity index (χ0) is 14.2. The predicted molar refractivity (Wildman–Crippen MR) is 90.6 cm³/mol. The fraction of sp³-hybridized carbons (Fsp3) is 0. The van der Waals surface area contributed by atoms with E-state index >= 15 is 0 Å². The summed E-state index contributed by atoms with van der Waals surface area (Å²) in [6.45, 7) is 0. The lowest BCUT2D eigenvalue weighted by Crippen LogP contribution is -1.92. The van der Waals surface area contributed by atoms with E-state index < -0.39 is 0 Å². The largest absolute Gasteiger partial charge is 0.382 e. The predicted octanol–water partition coefficient (Wildman–Crippen LogP) is 4.67. The molecular weight excluding hydrogens is 298 g/mol. The summed E-state index contributed by atoms with van der Waals surface area (Å²) in [5.41, 5.74) is 8.52. The maximum Gasteiger partial charge on any atom is 0.142 e. The number of nitrogen functional groups attached to an aromatic ring is 1. The van der Waals surface area contributed by atoms with Crippen molar-refractivity contribution in [3.05, 3.63) is 54.0 Å². The monoisotopic (exact) mass is 309 g/mol. The molecule has 102 valence electrons. The number of hydrogen-bond donors (Lipinski definition) is 1. The van der Waals surface area contributed by atoms with Crippen LogP contribution in [0.1, 0.15) is 0 Å². The number of aromatic nitrogens is 2. The van der Waals surface area contributed by atoms with Gasteiger partial charge in [0, 0.05) is 14.6 Å². The molecule has 0 fully saturated rings. The molecule has 0 saturated heterocycles. The highest BCUT2D eigenvalue weighted by molar-refractivity contribution is 7.23. The lowest BCUT2D eigenvalue weighted by molar-refractivity contribution is 1.30. The number of thiophene rings is 2. The molecule has 3 aromatic heterocycles. The van der Waals surface area contributed by atoms with Crippen molar-refractivity contribution >= 4 is 39.5 Å². The van der Waals surface area contributed by atoms with Gasteiger partial charge in [0.1, 0.15) is 5.82 Å². The Morgan fingerprint density at radius 2 is 1.81 bits per heavy atom. The first-order valence-corrected chi connectivity index (χ1v) is 8.15. The quantitative estimate of drug-likeness (QED) is 0.585. The minimum Gasteiger partial charge on any atom is -0.382 e. The number of rotatable bonds is 2. The average Bonchev–Trinajstić information content (AvgIpc) is 3.17. The zero-order valence-corrected chi connectivity index (χ0v) is 12.6. The van der Waals surface area contributed by atoms with E-state index in [9.17, 15) is 0 Å². The molecule has 0 saturated carbocycles. The van der Waals surface area contributed by atoms with Crippen molar-refractivity contribution in [3.63, 3.8) is 0 Å². The van der Waals surface area contributed by atoms with E-state index in [1.165, 1.54) is 14.6 Å². The highest BCUT2D eigenvalue weighted by Crippen LogP contribution is 2.36. The molecule has 21 heavy (non-hydrogen) atoms. The van der Waals surface area contributed by atoms with Gasteiger partial charge in [-0.2, -0.15) is 0 Å². The van der Waals surface area contributed by atoms with Gasteiger partial charge >= 0.3 is 0 Å². The molecule has 1 aromatic carbocycles. The van der Waals surface area contributed by atoms with Crippen molar-refractivity contribution in [2.45, 2.75) is 0 Å². The second kappa shape index (κ2) is 4.95. The second-order valence-electron chi connectivity index (χ2n) is 4.64. The SMILES string of the molecule is Nc1cnc2cc(-c3ccc(-c4cccs4)s3)ccc2n1. The smallest absolute Gasteiger partial charge is 0.142 e. The molecule has 0 unspecified atom stereocenters. The van der Waals surface area contributed by atoms with Crippen molar-refractivity contribution < 1.29 is 0 Å². The van der Waals surface area contributed by atoms with Gasteiger partial charge in [-0.1, -0.05) is 12.1 Å². The first-order valence-electron chi connectivity index (χ1n) is 6.46. The van der Waals surface area contributed by atoms with Crippen LogP contribution in [-0.2, 0) is 0 Å². The van der Waals surface area contributed by atoms with Crippen molar-refractivity contribution in [2.75, 3.05) is 5.73 Å². The zero-order valence-electron chi connectivity index (χ0n) is 11.0. The van der Waals surface area contributed by atoms with Gasteiger partial charge in [0.15, 0.2) is 0 Å². The molecule has 0 amide bonds. The Labute approximate surface area is 129 Å². The minimum atomic E-state index is 0.450. The summed E-state index contributed by atoms with van der Waals surface area (Å²) >= 11 is 3.56. The third kappa shape index (κ3) is 2.30. The molecule has 0 aliphatic rings. The lowest BCUT2D eigenvalue weighted by atomic mass is 10.1. The molecular formula is C16H11N3S2. The van der Waals surface area contributed by atoms with E-state index in [1.807, 2.05) is 6.07 Å². The Hall–Kier alpha value is -2.24. The van der Waals surface area contributed by atoms with Gasteiger partial charge in [-0.15, -0.1) is 22.7 Å². The van der Waals surface area contributed by atoms with Crippen LogP contribution in [0.5, 0.6) is 0 Å². The van der Waals surface area contributed by atoms with E-state index in [0.29, 0.717) is 5.82 Å². The molecule has 0 radical (unpaired) electrons. The second-order valence-corrected chi connectivity index (χ2v) is 6.67. The maximum atomic E-state index is 5.66. The molecule has 2 N–H and O–H groups in total. The maximum absolute atomic E-state index is 5.66. The Balaban J connectivity index is 1.78. The Morgan fingerprint density at radius 3 is 2.67 bits per heavy atom. The normalized spacial score (nSPS) is 11.0. The van der Waals surface area contributed by atoms with E-state index in [-0.39, 0.29) is 0 Å². The van der Waals surface area contributed by atoms with Crippen LogP contribution >= 0.6 is 22.7 Å². The molecule has 5 heteroatoms. The van der Waals surface area contributed by atoms with Gasteiger partial charge in [-0.3, -0.25) is 4.98 Å². The number of fused-ring (bicyclic) bond motifs is 1. The van der Waals surface area contributed by atoms with Gasteiger partial charge in [-0.25, -0.2) is 4.98 Å². The van der Waals surface area contributed by atoms with Crippen LogP contribution in [0.25, 0.3) is 31.2 Å². The molecule has 0 bridgehead atoms. The number of anilines is 1. The molecule has 0 aliphatic carbocycles. The van der Waals surface area contributed by atoms with Crippen LogP contribution in [0.3, 0.4) is 0 Å². The summed E-state index contributed by atoms with van der Waals surface area (Å²) in [5.74, 6) is 0.450. The van der Waals surface area contributed by atoms with E-state index in [0.717, 1.165) is 16.6 Å². The topological polar surface area (TPSA) is 51.8 Å². The van der Waals surface area contributed by atoms with E-state index in [4.69, 9.17) is 5.73 Å². The standard InChI is InChI=1S/C16H11N3S2/c17-16-9-18-12-8-10(3-4-11(12)19-16)13-5-6-15(21-13)14-2-1-7-20-14/h1-9H,(H2,17,19). The summed E-state index contributed by atoms with van der Waals surface area (Å²) in [5, 5.41) is 2.10. The van der Waals surface area contributed by atoms with Crippen molar-refractivity contribution in [1.82, 2.24) is 9.97 Å². The van der Waals surface area contributed by atoms with Crippen LogP contribution < -0.4 is 5.73 Å².